The Kier molecular flexibility index (Phi) is 3.76. The van der Waals surface area contributed by atoms with E-state index in [4.69, 9.17) is 14.9 Å². The van der Waals surface area contributed by atoms with Gasteiger partial charge in [-0.05, 0) is 31.4 Å². The number of nitrogens with one attached hydrogen (secondary N) is 1. The second-order valence-corrected chi connectivity index (χ2v) is 6.19. The summed E-state index contributed by atoms with van der Waals surface area (Å²) in [5, 5.41) is -0.103. The molecule has 0 saturated heterocycles. The van der Waals surface area contributed by atoms with E-state index in [0.717, 1.165) is 19.3 Å². The third-order valence-electron chi connectivity index (χ3n) is 3.39. The van der Waals surface area contributed by atoms with Crippen molar-refractivity contribution in [2.75, 3.05) is 13.7 Å². The first-order valence-electron chi connectivity index (χ1n) is 5.85. The van der Waals surface area contributed by atoms with Crippen molar-refractivity contribution < 1.29 is 17.6 Å². The van der Waals surface area contributed by atoms with Gasteiger partial charge >= 0.3 is 0 Å². The van der Waals surface area contributed by atoms with Crippen molar-refractivity contribution in [3.63, 3.8) is 0 Å². The van der Waals surface area contributed by atoms with Crippen LogP contribution in [0.1, 0.15) is 25.0 Å². The predicted octanol–water partition coefficient (Wildman–Crippen LogP) is 0.586. The molecule has 1 aromatic heterocycles. The minimum absolute atomic E-state index is 0.103. The van der Waals surface area contributed by atoms with E-state index >= 15 is 0 Å². The summed E-state index contributed by atoms with van der Waals surface area (Å²) < 4.78 is 36.9. The smallest absolute Gasteiger partial charge is 0.274 e. The topological polar surface area (TPSA) is 94.6 Å². The van der Waals surface area contributed by atoms with Gasteiger partial charge in [-0.1, -0.05) is 0 Å². The highest BCUT2D eigenvalue weighted by Gasteiger charge is 2.38. The number of sulfonamides is 1. The molecule has 2 rings (SSSR count). The van der Waals surface area contributed by atoms with Crippen LogP contribution in [0.3, 0.4) is 0 Å². The van der Waals surface area contributed by atoms with Gasteiger partial charge in [0.05, 0.1) is 12.1 Å². The van der Waals surface area contributed by atoms with E-state index in [0.29, 0.717) is 5.76 Å². The van der Waals surface area contributed by atoms with Gasteiger partial charge in [-0.25, -0.2) is 13.1 Å². The Morgan fingerprint density at radius 2 is 2.22 bits per heavy atom. The second kappa shape index (κ2) is 5.00. The molecule has 3 N–H and O–H groups in total. The molecule has 1 saturated carbocycles. The quantitative estimate of drug-likeness (QED) is 0.791. The van der Waals surface area contributed by atoms with Gasteiger partial charge in [-0.3, -0.25) is 0 Å². The van der Waals surface area contributed by atoms with Crippen LogP contribution in [0, 0.1) is 0 Å². The number of methoxy groups -OCH3 is 1. The van der Waals surface area contributed by atoms with Crippen molar-refractivity contribution in [1.29, 1.82) is 0 Å². The molecule has 7 heteroatoms. The zero-order valence-electron chi connectivity index (χ0n) is 10.3. The van der Waals surface area contributed by atoms with Gasteiger partial charge in [0, 0.05) is 13.7 Å². The summed E-state index contributed by atoms with van der Waals surface area (Å²) in [6, 6.07) is 2.97. The molecule has 1 fully saturated rings. The van der Waals surface area contributed by atoms with Crippen molar-refractivity contribution >= 4 is 10.0 Å². The van der Waals surface area contributed by atoms with E-state index < -0.39 is 10.0 Å². The van der Waals surface area contributed by atoms with Crippen molar-refractivity contribution in [2.45, 2.75) is 36.5 Å². The highest BCUT2D eigenvalue weighted by atomic mass is 32.2. The first kappa shape index (κ1) is 13.5. The van der Waals surface area contributed by atoms with Gasteiger partial charge in [-0.15, -0.1) is 0 Å². The third kappa shape index (κ3) is 2.59. The maximum absolute atomic E-state index is 12.0. The molecule has 0 spiro atoms. The first-order valence-corrected chi connectivity index (χ1v) is 7.33. The lowest BCUT2D eigenvalue weighted by molar-refractivity contribution is -0.0659. The summed E-state index contributed by atoms with van der Waals surface area (Å²) in [7, 11) is -2.02. The molecule has 18 heavy (non-hydrogen) atoms. The minimum Gasteiger partial charge on any atom is -0.447 e. The third-order valence-corrected chi connectivity index (χ3v) is 4.66. The first-order chi connectivity index (χ1) is 8.51. The van der Waals surface area contributed by atoms with Crippen LogP contribution in [0.2, 0.25) is 0 Å². The van der Waals surface area contributed by atoms with Gasteiger partial charge in [-0.2, -0.15) is 0 Å². The Morgan fingerprint density at radius 3 is 2.67 bits per heavy atom. The average molecular weight is 274 g/mol. The lowest BCUT2D eigenvalue weighted by Crippen LogP contribution is -2.49. The fraction of sp³-hybridized carbons (Fsp3) is 0.636. The van der Waals surface area contributed by atoms with Crippen LogP contribution in [-0.4, -0.2) is 27.7 Å². The number of nitrogens with two attached hydrogens (primary N) is 1. The normalized spacial score (nSPS) is 18.6. The molecule has 1 heterocycles. The minimum atomic E-state index is -3.62. The monoisotopic (exact) mass is 274 g/mol. The predicted molar refractivity (Wildman–Crippen MR) is 65.4 cm³/mol. The zero-order valence-corrected chi connectivity index (χ0v) is 11.1. The molecule has 1 aromatic rings. The molecule has 0 bridgehead atoms. The summed E-state index contributed by atoms with van der Waals surface area (Å²) in [5.74, 6) is 0.445. The SMILES string of the molecule is COC1(CNS(=O)(=O)c2ccc(CN)o2)CCC1. The van der Waals surface area contributed by atoms with Crippen LogP contribution in [0.5, 0.6) is 0 Å². The largest absolute Gasteiger partial charge is 0.447 e. The maximum atomic E-state index is 12.0. The Labute approximate surface area is 107 Å². The number of ether oxygens (including phenoxy) is 1. The summed E-state index contributed by atoms with van der Waals surface area (Å²) >= 11 is 0. The fourth-order valence-electron chi connectivity index (χ4n) is 1.93. The zero-order chi connectivity index (χ0) is 13.2. The maximum Gasteiger partial charge on any atom is 0.274 e. The van der Waals surface area contributed by atoms with E-state index in [2.05, 4.69) is 4.72 Å². The standard InChI is InChI=1S/C11H18N2O4S/c1-16-11(5-2-6-11)8-13-18(14,15)10-4-3-9(7-12)17-10/h3-4,13H,2,5-8,12H2,1H3. The van der Waals surface area contributed by atoms with Crippen LogP contribution >= 0.6 is 0 Å². The van der Waals surface area contributed by atoms with E-state index in [1.807, 2.05) is 0 Å². The molecule has 102 valence electrons. The number of hydrogen-bond donors (Lipinski definition) is 2. The van der Waals surface area contributed by atoms with Crippen molar-refractivity contribution in [3.05, 3.63) is 17.9 Å². The molecule has 0 aliphatic heterocycles. The van der Waals surface area contributed by atoms with Gasteiger partial charge in [0.25, 0.3) is 10.0 Å². The summed E-state index contributed by atoms with van der Waals surface area (Å²) in [6.07, 6.45) is 2.81. The number of rotatable bonds is 6. The highest BCUT2D eigenvalue weighted by molar-refractivity contribution is 7.89. The van der Waals surface area contributed by atoms with E-state index in [-0.39, 0.29) is 23.8 Å². The van der Waals surface area contributed by atoms with Crippen LogP contribution < -0.4 is 10.5 Å². The summed E-state index contributed by atoms with van der Waals surface area (Å²) in [6.45, 7) is 0.446. The van der Waals surface area contributed by atoms with Crippen molar-refractivity contribution in [2.24, 2.45) is 5.73 Å². The van der Waals surface area contributed by atoms with Crippen LogP contribution in [0.4, 0.5) is 0 Å². The summed E-state index contributed by atoms with van der Waals surface area (Å²) in [4.78, 5) is 0. The van der Waals surface area contributed by atoms with E-state index in [9.17, 15) is 8.42 Å². The molecule has 1 aliphatic carbocycles. The van der Waals surface area contributed by atoms with Gasteiger partial charge in [0.1, 0.15) is 5.76 Å². The molecular weight excluding hydrogens is 256 g/mol. The second-order valence-electron chi connectivity index (χ2n) is 4.49. The highest BCUT2D eigenvalue weighted by Crippen LogP contribution is 2.34. The van der Waals surface area contributed by atoms with Crippen LogP contribution in [-0.2, 0) is 21.3 Å². The fourth-order valence-corrected chi connectivity index (χ4v) is 2.99. The molecule has 0 radical (unpaired) electrons. The Bertz CT molecular complexity index is 499. The van der Waals surface area contributed by atoms with E-state index in [1.54, 1.807) is 13.2 Å². The van der Waals surface area contributed by atoms with Crippen molar-refractivity contribution in [3.8, 4) is 0 Å². The Morgan fingerprint density at radius 1 is 1.50 bits per heavy atom. The van der Waals surface area contributed by atoms with Gasteiger partial charge in [0.15, 0.2) is 0 Å². The number of hydrogen-bond acceptors (Lipinski definition) is 5. The Balaban J connectivity index is 2.03. The molecule has 0 aromatic carbocycles. The van der Waals surface area contributed by atoms with Crippen LogP contribution in [0.25, 0.3) is 0 Å². The molecular formula is C11H18N2O4S. The average Bonchev–Trinajstić information content (AvgIpc) is 2.77. The van der Waals surface area contributed by atoms with Crippen LogP contribution in [0.15, 0.2) is 21.6 Å². The molecule has 1 aliphatic rings. The summed E-state index contributed by atoms with van der Waals surface area (Å²) in [5.41, 5.74) is 5.02. The molecule has 0 atom stereocenters. The Hall–Kier alpha value is -0.890. The van der Waals surface area contributed by atoms with Gasteiger partial charge < -0.3 is 14.9 Å². The lowest BCUT2D eigenvalue weighted by atomic mass is 9.80. The molecule has 0 unspecified atom stereocenters. The number of furan rings is 1. The lowest BCUT2D eigenvalue weighted by Gasteiger charge is -2.40. The van der Waals surface area contributed by atoms with E-state index in [1.165, 1.54) is 6.07 Å². The van der Waals surface area contributed by atoms with Gasteiger partial charge in [0.2, 0.25) is 5.09 Å². The molecule has 0 amide bonds. The molecule has 6 nitrogen and oxygen atoms in total. The van der Waals surface area contributed by atoms with Crippen molar-refractivity contribution in [1.82, 2.24) is 4.72 Å².